The highest BCUT2D eigenvalue weighted by Crippen LogP contribution is 2.68. The predicted octanol–water partition coefficient (Wildman–Crippen LogP) is 5.26. The lowest BCUT2D eigenvalue weighted by Gasteiger charge is -2.51. The molecule has 4 aliphatic rings. The molecular formula is C33H32ClN3O4S. The number of carbonyl (C=O) groups excluding carboxylic acids is 2. The van der Waals surface area contributed by atoms with Crippen LogP contribution in [0.4, 0.5) is 5.69 Å². The molecule has 0 unspecified atom stereocenters. The van der Waals surface area contributed by atoms with Crippen LogP contribution in [0, 0.1) is 5.41 Å². The number of Topliss-reactive ketones (excluding diaryl/α,β-unsaturated/α-hetero) is 1. The smallest absolute Gasteiger partial charge is 0.250 e. The summed E-state index contributed by atoms with van der Waals surface area (Å²) < 4.78 is 10.8. The third-order valence-electron chi connectivity index (χ3n) is 9.45. The van der Waals surface area contributed by atoms with Crippen molar-refractivity contribution in [2.75, 3.05) is 51.3 Å². The molecule has 0 saturated carbocycles. The third-order valence-corrected chi connectivity index (χ3v) is 10.7. The summed E-state index contributed by atoms with van der Waals surface area (Å²) in [6.45, 7) is 0.918. The van der Waals surface area contributed by atoms with E-state index in [1.165, 1.54) is 0 Å². The van der Waals surface area contributed by atoms with E-state index >= 15 is 4.79 Å². The summed E-state index contributed by atoms with van der Waals surface area (Å²) in [6, 6.07) is 21.2. The molecule has 1 N–H and O–H groups in total. The van der Waals surface area contributed by atoms with Crippen LogP contribution in [0.15, 0.2) is 72.3 Å². The number of fused-ring (bicyclic) bond motifs is 5. The fraction of sp³-hybridized carbons (Fsp3) is 0.333. The van der Waals surface area contributed by atoms with Crippen LogP contribution in [0.1, 0.15) is 22.6 Å². The number of carbonyl (C=O) groups is 2. The number of methoxy groups -OCH3 is 2. The second-order valence-corrected chi connectivity index (χ2v) is 13.0. The summed E-state index contributed by atoms with van der Waals surface area (Å²) in [5, 5.41) is 3.72. The Balaban J connectivity index is 1.50. The molecule has 9 heteroatoms. The lowest BCUT2D eigenvalue weighted by atomic mass is 9.55. The molecule has 1 amide bonds. The normalized spacial score (nSPS) is 29.8. The molecular weight excluding hydrogens is 570 g/mol. The number of likely N-dealkylation sites (tertiary alicyclic amines) is 1. The first-order valence-electron chi connectivity index (χ1n) is 14.0. The minimum Gasteiger partial charge on any atom is -0.497 e. The highest BCUT2D eigenvalue weighted by Gasteiger charge is 2.78. The second kappa shape index (κ2) is 10.2. The maximum Gasteiger partial charge on any atom is 0.250 e. The minimum absolute atomic E-state index is 0.0135. The summed E-state index contributed by atoms with van der Waals surface area (Å²) in [6.07, 6.45) is 1.97. The molecule has 4 heterocycles. The Kier molecular flexibility index (Phi) is 6.66. The second-order valence-electron chi connectivity index (χ2n) is 11.6. The molecule has 3 aromatic rings. The number of benzene rings is 3. The van der Waals surface area contributed by atoms with Crippen LogP contribution in [0.3, 0.4) is 0 Å². The lowest BCUT2D eigenvalue weighted by Crippen LogP contribution is -2.65. The number of piperidine rings is 1. The number of ketones is 1. The monoisotopic (exact) mass is 601 g/mol. The zero-order valence-electron chi connectivity index (χ0n) is 23.7. The van der Waals surface area contributed by atoms with Crippen molar-refractivity contribution in [1.82, 2.24) is 9.80 Å². The zero-order valence-corrected chi connectivity index (χ0v) is 25.3. The topological polar surface area (TPSA) is 71.1 Å². The van der Waals surface area contributed by atoms with Crippen molar-refractivity contribution >= 4 is 46.8 Å². The van der Waals surface area contributed by atoms with Crippen molar-refractivity contribution in [3.8, 4) is 11.5 Å². The number of thioether (sulfide) groups is 1. The molecule has 2 spiro atoms. The van der Waals surface area contributed by atoms with Crippen LogP contribution in [-0.2, 0) is 15.1 Å². The van der Waals surface area contributed by atoms with Crippen LogP contribution in [0.25, 0.3) is 6.08 Å². The van der Waals surface area contributed by atoms with E-state index in [4.69, 9.17) is 21.1 Å². The fourth-order valence-corrected chi connectivity index (χ4v) is 9.40. The van der Waals surface area contributed by atoms with E-state index in [0.29, 0.717) is 29.6 Å². The van der Waals surface area contributed by atoms with Gasteiger partial charge in [0, 0.05) is 58.5 Å². The Morgan fingerprint density at radius 3 is 2.38 bits per heavy atom. The molecule has 216 valence electrons. The van der Waals surface area contributed by atoms with E-state index < -0.39 is 11.0 Å². The number of hydrogen-bond acceptors (Lipinski definition) is 7. The number of anilines is 1. The number of nitrogens with zero attached hydrogens (tertiary/aromatic N) is 2. The highest BCUT2D eigenvalue weighted by atomic mass is 35.5. The van der Waals surface area contributed by atoms with Gasteiger partial charge in [0.05, 0.1) is 19.6 Å². The van der Waals surface area contributed by atoms with E-state index in [9.17, 15) is 4.79 Å². The number of halogens is 1. The number of rotatable bonds is 4. The summed E-state index contributed by atoms with van der Waals surface area (Å²) in [5.41, 5.74) is 1.79. The Morgan fingerprint density at radius 1 is 1.00 bits per heavy atom. The van der Waals surface area contributed by atoms with Crippen LogP contribution in [-0.4, -0.2) is 73.5 Å². The molecule has 4 atom stereocenters. The average molecular weight is 602 g/mol. The van der Waals surface area contributed by atoms with Crippen molar-refractivity contribution < 1.29 is 19.1 Å². The molecule has 0 aliphatic carbocycles. The van der Waals surface area contributed by atoms with Crippen molar-refractivity contribution in [2.45, 2.75) is 17.5 Å². The van der Waals surface area contributed by atoms with Gasteiger partial charge in [0.15, 0.2) is 5.78 Å². The van der Waals surface area contributed by atoms with Crippen LogP contribution < -0.4 is 14.8 Å². The highest BCUT2D eigenvalue weighted by molar-refractivity contribution is 7.99. The molecule has 4 aliphatic heterocycles. The number of amides is 1. The van der Waals surface area contributed by atoms with Crippen molar-refractivity contribution in [1.29, 1.82) is 0 Å². The average Bonchev–Trinajstić information content (AvgIpc) is 3.64. The Morgan fingerprint density at radius 2 is 1.69 bits per heavy atom. The SMILES string of the molecule is COc1ccc(/C=C2\CN(C)C[C@@]3(C2=O)[C@H](c2ccc(OC)cc2)[C@@H]2CSCN2[C@@]32C(=O)Nc3ccc(Cl)cc32)cc1. The summed E-state index contributed by atoms with van der Waals surface area (Å²) >= 11 is 8.43. The first-order valence-corrected chi connectivity index (χ1v) is 15.5. The van der Waals surface area contributed by atoms with Gasteiger partial charge in [0.1, 0.15) is 17.0 Å². The van der Waals surface area contributed by atoms with E-state index in [1.54, 1.807) is 20.3 Å². The first-order chi connectivity index (χ1) is 20.3. The molecule has 0 aromatic heterocycles. The molecule has 7 rings (SSSR count). The van der Waals surface area contributed by atoms with Gasteiger partial charge in [-0.2, -0.15) is 0 Å². The number of nitrogens with one attached hydrogen (secondary N) is 1. The lowest BCUT2D eigenvalue weighted by molar-refractivity contribution is -0.146. The Bertz CT molecular complexity index is 1610. The van der Waals surface area contributed by atoms with Gasteiger partial charge in [-0.1, -0.05) is 35.9 Å². The number of ether oxygens (including phenoxy) is 2. The molecule has 7 nitrogen and oxygen atoms in total. The van der Waals surface area contributed by atoms with Gasteiger partial charge in [-0.05, 0) is 66.7 Å². The zero-order chi connectivity index (χ0) is 29.2. The summed E-state index contributed by atoms with van der Waals surface area (Å²) in [5.74, 6) is 2.58. The Labute approximate surface area is 254 Å². The first kappa shape index (κ1) is 27.5. The molecule has 3 saturated heterocycles. The van der Waals surface area contributed by atoms with Crippen molar-refractivity contribution in [3.05, 3.63) is 94.0 Å². The van der Waals surface area contributed by atoms with Gasteiger partial charge in [-0.15, -0.1) is 11.8 Å². The fourth-order valence-electron chi connectivity index (χ4n) is 7.93. The maximum absolute atomic E-state index is 15.4. The third kappa shape index (κ3) is 3.75. The number of hydrogen-bond donors (Lipinski definition) is 1. The van der Waals surface area contributed by atoms with Gasteiger partial charge in [-0.3, -0.25) is 14.5 Å². The van der Waals surface area contributed by atoms with Crippen molar-refractivity contribution in [2.24, 2.45) is 5.41 Å². The van der Waals surface area contributed by atoms with E-state index in [-0.39, 0.29) is 23.7 Å². The molecule has 0 bridgehead atoms. The summed E-state index contributed by atoms with van der Waals surface area (Å²) in [7, 11) is 5.32. The van der Waals surface area contributed by atoms with E-state index in [1.807, 2.05) is 73.4 Å². The quantitative estimate of drug-likeness (QED) is 0.409. The number of likely N-dealkylation sites (N-methyl/N-ethyl adjacent to an activating group) is 1. The van der Waals surface area contributed by atoms with Crippen LogP contribution in [0.2, 0.25) is 5.02 Å². The predicted molar refractivity (Wildman–Crippen MR) is 166 cm³/mol. The van der Waals surface area contributed by atoms with Gasteiger partial charge in [0.2, 0.25) is 0 Å². The molecule has 42 heavy (non-hydrogen) atoms. The Hall–Kier alpha value is -3.30. The van der Waals surface area contributed by atoms with Gasteiger partial charge in [0.25, 0.3) is 5.91 Å². The maximum atomic E-state index is 15.4. The minimum atomic E-state index is -1.23. The molecule has 0 radical (unpaired) electrons. The van der Waals surface area contributed by atoms with E-state index in [0.717, 1.165) is 39.6 Å². The largest absolute Gasteiger partial charge is 0.497 e. The van der Waals surface area contributed by atoms with Crippen LogP contribution in [0.5, 0.6) is 11.5 Å². The van der Waals surface area contributed by atoms with Crippen LogP contribution >= 0.6 is 23.4 Å². The van der Waals surface area contributed by atoms with Gasteiger partial charge in [-0.25, -0.2) is 0 Å². The molecule has 3 fully saturated rings. The van der Waals surface area contributed by atoms with E-state index in [2.05, 4.69) is 27.2 Å². The summed E-state index contributed by atoms with van der Waals surface area (Å²) in [4.78, 5) is 34.5. The van der Waals surface area contributed by atoms with Crippen molar-refractivity contribution in [3.63, 3.8) is 0 Å². The van der Waals surface area contributed by atoms with Gasteiger partial charge >= 0.3 is 0 Å². The standard InChI is InChI=1S/C33H32ClN3O4S/c1-36-16-22(14-20-4-9-24(40-2)10-5-20)30(38)32(18-36)29(21-6-11-25(41-3)12-7-21)28-17-42-19-37(28)33(32)26-15-23(34)8-13-27(26)35-31(33)39/h4-15,28-29H,16-19H2,1-3H3,(H,35,39)/b22-14+/t28-,29+,32-,33-/m0/s1. The van der Waals surface area contributed by atoms with Gasteiger partial charge < -0.3 is 19.7 Å². The molecule has 3 aromatic carbocycles.